The zero-order chi connectivity index (χ0) is 18.2. The minimum Gasteiger partial charge on any atom is -0.335 e. The number of fused-ring (bicyclic) bond motifs is 1. The molecular formula is C19H15F4NO. The molecule has 6 heteroatoms. The van der Waals surface area contributed by atoms with Crippen LogP contribution in [0.3, 0.4) is 0 Å². The molecule has 0 aromatic heterocycles. The van der Waals surface area contributed by atoms with E-state index in [1.807, 2.05) is 0 Å². The van der Waals surface area contributed by atoms with Gasteiger partial charge in [0.15, 0.2) is 0 Å². The SMILES string of the molecule is C=CC(=O)N1CCc2c(F)cc(-c3ccc(C(F)(F)F)cc3)cc2C1. The van der Waals surface area contributed by atoms with Crippen molar-refractivity contribution in [1.29, 1.82) is 0 Å². The lowest BCUT2D eigenvalue weighted by Crippen LogP contribution is -2.35. The molecule has 0 radical (unpaired) electrons. The first-order valence-electron chi connectivity index (χ1n) is 7.70. The molecule has 2 nitrogen and oxygen atoms in total. The highest BCUT2D eigenvalue weighted by molar-refractivity contribution is 5.87. The molecule has 0 unspecified atom stereocenters. The van der Waals surface area contributed by atoms with Gasteiger partial charge in [-0.05, 0) is 59.0 Å². The van der Waals surface area contributed by atoms with E-state index < -0.39 is 17.6 Å². The Labute approximate surface area is 142 Å². The highest BCUT2D eigenvalue weighted by atomic mass is 19.4. The van der Waals surface area contributed by atoms with Gasteiger partial charge in [0.05, 0.1) is 5.56 Å². The number of benzene rings is 2. The molecule has 3 rings (SSSR count). The van der Waals surface area contributed by atoms with E-state index in [0.717, 1.165) is 12.1 Å². The maximum atomic E-state index is 14.4. The van der Waals surface area contributed by atoms with Gasteiger partial charge in [0.2, 0.25) is 5.91 Å². The molecule has 130 valence electrons. The van der Waals surface area contributed by atoms with Crippen molar-refractivity contribution in [3.05, 3.63) is 71.6 Å². The molecule has 25 heavy (non-hydrogen) atoms. The third-order valence-corrected chi connectivity index (χ3v) is 4.31. The second-order valence-electron chi connectivity index (χ2n) is 5.88. The summed E-state index contributed by atoms with van der Waals surface area (Å²) in [6.07, 6.45) is -2.81. The second-order valence-corrected chi connectivity index (χ2v) is 5.88. The quantitative estimate of drug-likeness (QED) is 0.574. The Morgan fingerprint density at radius 1 is 1.12 bits per heavy atom. The standard InChI is InChI=1S/C19H15F4NO/c1-2-18(25)24-8-7-16-14(11-24)9-13(10-17(16)20)12-3-5-15(6-4-12)19(21,22)23/h2-6,9-10H,1,7-8,11H2. The largest absolute Gasteiger partial charge is 0.416 e. The fourth-order valence-corrected chi connectivity index (χ4v) is 2.98. The van der Waals surface area contributed by atoms with E-state index in [9.17, 15) is 22.4 Å². The lowest BCUT2D eigenvalue weighted by molar-refractivity contribution is -0.137. The topological polar surface area (TPSA) is 20.3 Å². The molecule has 0 spiro atoms. The fourth-order valence-electron chi connectivity index (χ4n) is 2.98. The first kappa shape index (κ1) is 17.2. The number of nitrogens with zero attached hydrogens (tertiary/aromatic N) is 1. The summed E-state index contributed by atoms with van der Waals surface area (Å²) in [4.78, 5) is 13.3. The molecule has 1 aliphatic heterocycles. The first-order valence-corrected chi connectivity index (χ1v) is 7.70. The van der Waals surface area contributed by atoms with Gasteiger partial charge in [0.1, 0.15) is 5.82 Å². The zero-order valence-corrected chi connectivity index (χ0v) is 13.2. The number of hydrogen-bond acceptors (Lipinski definition) is 1. The molecule has 1 amide bonds. The van der Waals surface area contributed by atoms with E-state index in [-0.39, 0.29) is 12.5 Å². The van der Waals surface area contributed by atoms with Crippen LogP contribution in [0.15, 0.2) is 49.1 Å². The van der Waals surface area contributed by atoms with Crippen LogP contribution in [0.4, 0.5) is 17.6 Å². The number of amides is 1. The van der Waals surface area contributed by atoms with E-state index in [0.29, 0.717) is 35.2 Å². The minimum absolute atomic E-state index is 0.231. The molecule has 1 heterocycles. The van der Waals surface area contributed by atoms with Crippen LogP contribution < -0.4 is 0 Å². The number of alkyl halides is 3. The summed E-state index contributed by atoms with van der Waals surface area (Å²) in [5, 5.41) is 0. The van der Waals surface area contributed by atoms with E-state index in [1.54, 1.807) is 11.0 Å². The van der Waals surface area contributed by atoms with Gasteiger partial charge in [0, 0.05) is 13.1 Å². The molecule has 0 aliphatic carbocycles. The van der Waals surface area contributed by atoms with Crippen LogP contribution in [-0.2, 0) is 23.9 Å². The second kappa shape index (κ2) is 6.35. The predicted octanol–water partition coefficient (Wildman–Crippen LogP) is 4.58. The molecule has 0 atom stereocenters. The maximum Gasteiger partial charge on any atom is 0.416 e. The first-order chi connectivity index (χ1) is 11.8. The van der Waals surface area contributed by atoms with Gasteiger partial charge >= 0.3 is 6.18 Å². The molecular weight excluding hydrogens is 334 g/mol. The van der Waals surface area contributed by atoms with Crippen molar-refractivity contribution >= 4 is 5.91 Å². The van der Waals surface area contributed by atoms with Crippen LogP contribution >= 0.6 is 0 Å². The third-order valence-electron chi connectivity index (χ3n) is 4.31. The van der Waals surface area contributed by atoms with Gasteiger partial charge in [-0.3, -0.25) is 4.79 Å². The average Bonchev–Trinajstić information content (AvgIpc) is 2.59. The molecule has 1 aliphatic rings. The summed E-state index contributed by atoms with van der Waals surface area (Å²) < 4.78 is 52.4. The Bertz CT molecular complexity index is 825. The number of hydrogen-bond donors (Lipinski definition) is 0. The Hall–Kier alpha value is -2.63. The van der Waals surface area contributed by atoms with Crippen molar-refractivity contribution < 1.29 is 22.4 Å². The molecule has 0 saturated carbocycles. The van der Waals surface area contributed by atoms with Gasteiger partial charge in [-0.25, -0.2) is 4.39 Å². The lowest BCUT2D eigenvalue weighted by atomic mass is 9.93. The minimum atomic E-state index is -4.41. The summed E-state index contributed by atoms with van der Waals surface area (Å²) in [7, 11) is 0. The molecule has 0 saturated heterocycles. The van der Waals surface area contributed by atoms with E-state index in [4.69, 9.17) is 0 Å². The fraction of sp³-hybridized carbons (Fsp3) is 0.211. The van der Waals surface area contributed by atoms with Gasteiger partial charge in [0.25, 0.3) is 0 Å². The van der Waals surface area contributed by atoms with Gasteiger partial charge in [-0.1, -0.05) is 18.7 Å². The van der Waals surface area contributed by atoms with Crippen molar-refractivity contribution in [2.45, 2.75) is 19.1 Å². The maximum absolute atomic E-state index is 14.4. The lowest BCUT2D eigenvalue weighted by Gasteiger charge is -2.28. The van der Waals surface area contributed by atoms with Crippen LogP contribution in [0.1, 0.15) is 16.7 Å². The van der Waals surface area contributed by atoms with Crippen LogP contribution in [0.25, 0.3) is 11.1 Å². The van der Waals surface area contributed by atoms with E-state index in [2.05, 4.69) is 6.58 Å². The van der Waals surface area contributed by atoms with E-state index in [1.165, 1.54) is 24.3 Å². The van der Waals surface area contributed by atoms with E-state index >= 15 is 0 Å². The van der Waals surface area contributed by atoms with Crippen LogP contribution in [0.2, 0.25) is 0 Å². The number of carbonyl (C=O) groups excluding carboxylic acids is 1. The summed E-state index contributed by atoms with van der Waals surface area (Å²) in [5.41, 5.74) is 1.43. The van der Waals surface area contributed by atoms with Crippen LogP contribution in [0, 0.1) is 5.82 Å². The molecule has 2 aromatic carbocycles. The van der Waals surface area contributed by atoms with Crippen molar-refractivity contribution in [3.63, 3.8) is 0 Å². The smallest absolute Gasteiger partial charge is 0.335 e. The Morgan fingerprint density at radius 2 is 1.80 bits per heavy atom. The molecule has 0 fully saturated rings. The van der Waals surface area contributed by atoms with Crippen molar-refractivity contribution in [2.24, 2.45) is 0 Å². The van der Waals surface area contributed by atoms with Crippen LogP contribution in [-0.4, -0.2) is 17.4 Å². The summed E-state index contributed by atoms with van der Waals surface area (Å²) in [5.74, 6) is -0.635. The van der Waals surface area contributed by atoms with Crippen molar-refractivity contribution in [1.82, 2.24) is 4.90 Å². The predicted molar refractivity (Wildman–Crippen MR) is 86.2 cm³/mol. The normalized spacial score (nSPS) is 14.2. The number of halogens is 4. The monoisotopic (exact) mass is 349 g/mol. The molecule has 0 N–H and O–H groups in total. The average molecular weight is 349 g/mol. The van der Waals surface area contributed by atoms with Crippen molar-refractivity contribution in [3.8, 4) is 11.1 Å². The van der Waals surface area contributed by atoms with Crippen molar-refractivity contribution in [2.75, 3.05) is 6.54 Å². The van der Waals surface area contributed by atoms with Crippen LogP contribution in [0.5, 0.6) is 0 Å². The zero-order valence-electron chi connectivity index (χ0n) is 13.2. The highest BCUT2D eigenvalue weighted by Gasteiger charge is 2.30. The Morgan fingerprint density at radius 3 is 2.40 bits per heavy atom. The van der Waals surface area contributed by atoms with Gasteiger partial charge < -0.3 is 4.90 Å². The van der Waals surface area contributed by atoms with Gasteiger partial charge in [-0.15, -0.1) is 0 Å². The Balaban J connectivity index is 1.95. The summed E-state index contributed by atoms with van der Waals surface area (Å²) in [6.45, 7) is 4.11. The van der Waals surface area contributed by atoms with Gasteiger partial charge in [-0.2, -0.15) is 13.2 Å². The summed E-state index contributed by atoms with van der Waals surface area (Å²) >= 11 is 0. The molecule has 0 bridgehead atoms. The third kappa shape index (κ3) is 3.43. The highest BCUT2D eigenvalue weighted by Crippen LogP contribution is 2.33. The summed E-state index contributed by atoms with van der Waals surface area (Å²) in [6, 6.07) is 7.63. The Kier molecular flexibility index (Phi) is 4.37. The number of rotatable bonds is 2. The number of carbonyl (C=O) groups is 1. The molecule has 2 aromatic rings.